The molecule has 0 aromatic rings. The van der Waals surface area contributed by atoms with Crippen molar-refractivity contribution in [3.8, 4) is 0 Å². The van der Waals surface area contributed by atoms with Gasteiger partial charge in [-0.1, -0.05) is 19.3 Å². The Morgan fingerprint density at radius 2 is 1.75 bits per heavy atom. The molecule has 1 spiro atoms. The molecule has 20 heavy (non-hydrogen) atoms. The van der Waals surface area contributed by atoms with Crippen LogP contribution in [-0.4, -0.2) is 34.8 Å². The van der Waals surface area contributed by atoms with Crippen LogP contribution in [0, 0.1) is 11.8 Å². The smallest absolute Gasteiger partial charge is 0.246 e. The van der Waals surface area contributed by atoms with Gasteiger partial charge < -0.3 is 10.2 Å². The fraction of sp³-hybridized carbons (Fsp3) is 0.875. The highest BCUT2D eigenvalue weighted by molar-refractivity contribution is 6.00. The predicted molar refractivity (Wildman–Crippen MR) is 74.9 cm³/mol. The quantitative estimate of drug-likeness (QED) is 0.855. The summed E-state index contributed by atoms with van der Waals surface area (Å²) in [6, 6.07) is -0.214. The maximum absolute atomic E-state index is 12.9. The summed E-state index contributed by atoms with van der Waals surface area (Å²) in [6.07, 6.45) is 9.85. The number of rotatable bonds is 3. The molecule has 2 amide bonds. The van der Waals surface area contributed by atoms with Crippen molar-refractivity contribution >= 4 is 11.8 Å². The Labute approximate surface area is 120 Å². The minimum absolute atomic E-state index is 0.144. The Bertz CT molecular complexity index is 434. The number of carbonyl (C=O) groups is 2. The number of amides is 2. The number of piperazine rings is 1. The minimum Gasteiger partial charge on any atom is -0.342 e. The average Bonchev–Trinajstić information content (AvgIpc) is 3.10. The second kappa shape index (κ2) is 4.47. The Morgan fingerprint density at radius 1 is 1.05 bits per heavy atom. The van der Waals surface area contributed by atoms with Crippen molar-refractivity contribution in [2.45, 2.75) is 69.4 Å². The highest BCUT2D eigenvalue weighted by Crippen LogP contribution is 2.43. The molecule has 3 saturated carbocycles. The summed E-state index contributed by atoms with van der Waals surface area (Å²) in [4.78, 5) is 27.6. The van der Waals surface area contributed by atoms with Crippen molar-refractivity contribution < 1.29 is 9.59 Å². The molecule has 0 aromatic heterocycles. The predicted octanol–water partition coefficient (Wildman–Crippen LogP) is 1.84. The van der Waals surface area contributed by atoms with Crippen LogP contribution in [0.25, 0.3) is 0 Å². The van der Waals surface area contributed by atoms with Crippen molar-refractivity contribution in [3.63, 3.8) is 0 Å². The van der Waals surface area contributed by atoms with E-state index in [-0.39, 0.29) is 17.9 Å². The first kappa shape index (κ1) is 12.7. The van der Waals surface area contributed by atoms with Gasteiger partial charge in [0.05, 0.1) is 0 Å². The summed E-state index contributed by atoms with van der Waals surface area (Å²) in [7, 11) is 0. The van der Waals surface area contributed by atoms with E-state index in [1.165, 1.54) is 19.3 Å². The van der Waals surface area contributed by atoms with E-state index < -0.39 is 5.54 Å². The van der Waals surface area contributed by atoms with E-state index in [4.69, 9.17) is 0 Å². The van der Waals surface area contributed by atoms with E-state index in [1.54, 1.807) is 0 Å². The molecule has 0 bridgehead atoms. The molecule has 4 aliphatic rings. The van der Waals surface area contributed by atoms with Crippen LogP contribution < -0.4 is 5.32 Å². The molecule has 0 radical (unpaired) electrons. The SMILES string of the molecule is O=C1C(C2CC2)NC(=O)C2(CCCC2)N1CC1CCC1. The second-order valence-electron chi connectivity index (χ2n) is 7.27. The van der Waals surface area contributed by atoms with E-state index >= 15 is 0 Å². The fourth-order valence-electron chi connectivity index (χ4n) is 4.24. The van der Waals surface area contributed by atoms with Gasteiger partial charge in [-0.2, -0.15) is 0 Å². The largest absolute Gasteiger partial charge is 0.342 e. The molecule has 110 valence electrons. The molecule has 1 heterocycles. The van der Waals surface area contributed by atoms with Crippen molar-refractivity contribution in [1.29, 1.82) is 0 Å². The fourth-order valence-corrected chi connectivity index (χ4v) is 4.24. The van der Waals surface area contributed by atoms with E-state index in [0.29, 0.717) is 11.8 Å². The molecule has 1 atom stereocenters. The number of hydrogen-bond donors (Lipinski definition) is 1. The van der Waals surface area contributed by atoms with Gasteiger partial charge in [0.2, 0.25) is 11.8 Å². The van der Waals surface area contributed by atoms with Gasteiger partial charge in [0.15, 0.2) is 0 Å². The van der Waals surface area contributed by atoms with Crippen LogP contribution in [0.15, 0.2) is 0 Å². The van der Waals surface area contributed by atoms with Crippen molar-refractivity contribution in [1.82, 2.24) is 10.2 Å². The molecular formula is C16H24N2O2. The molecule has 1 N–H and O–H groups in total. The van der Waals surface area contributed by atoms with Gasteiger partial charge in [-0.3, -0.25) is 9.59 Å². The summed E-state index contributed by atoms with van der Waals surface area (Å²) in [5, 5.41) is 3.07. The Hall–Kier alpha value is -1.06. The van der Waals surface area contributed by atoms with Gasteiger partial charge >= 0.3 is 0 Å². The topological polar surface area (TPSA) is 49.4 Å². The zero-order valence-electron chi connectivity index (χ0n) is 12.1. The average molecular weight is 276 g/mol. The van der Waals surface area contributed by atoms with Gasteiger partial charge in [-0.05, 0) is 50.4 Å². The maximum atomic E-state index is 12.9. The highest BCUT2D eigenvalue weighted by atomic mass is 16.2. The van der Waals surface area contributed by atoms with E-state index in [1.807, 2.05) is 4.90 Å². The summed E-state index contributed by atoms with van der Waals surface area (Å²) < 4.78 is 0. The molecule has 4 rings (SSSR count). The number of hydrogen-bond acceptors (Lipinski definition) is 2. The van der Waals surface area contributed by atoms with Crippen LogP contribution >= 0.6 is 0 Å². The molecule has 4 heteroatoms. The minimum atomic E-state index is -0.488. The molecule has 1 aliphatic heterocycles. The third-order valence-corrected chi connectivity index (χ3v) is 5.95. The molecule has 1 saturated heterocycles. The third-order valence-electron chi connectivity index (χ3n) is 5.95. The lowest BCUT2D eigenvalue weighted by Crippen LogP contribution is -2.71. The highest BCUT2D eigenvalue weighted by Gasteiger charge is 2.56. The van der Waals surface area contributed by atoms with Crippen molar-refractivity contribution in [3.05, 3.63) is 0 Å². The zero-order valence-corrected chi connectivity index (χ0v) is 12.1. The van der Waals surface area contributed by atoms with E-state index in [0.717, 1.165) is 45.1 Å². The van der Waals surface area contributed by atoms with Crippen LogP contribution in [0.3, 0.4) is 0 Å². The summed E-state index contributed by atoms with van der Waals surface area (Å²) in [6.45, 7) is 0.829. The first-order chi connectivity index (χ1) is 9.71. The third kappa shape index (κ3) is 1.80. The van der Waals surface area contributed by atoms with Gasteiger partial charge in [0.1, 0.15) is 11.6 Å². The molecule has 4 nitrogen and oxygen atoms in total. The van der Waals surface area contributed by atoms with Crippen molar-refractivity contribution in [2.24, 2.45) is 11.8 Å². The second-order valence-corrected chi connectivity index (χ2v) is 7.27. The maximum Gasteiger partial charge on any atom is 0.246 e. The monoisotopic (exact) mass is 276 g/mol. The lowest BCUT2D eigenvalue weighted by molar-refractivity contribution is -0.159. The summed E-state index contributed by atoms with van der Waals surface area (Å²) in [5.41, 5.74) is -0.488. The molecule has 0 aromatic carbocycles. The molecule has 1 unspecified atom stereocenters. The molecule has 3 aliphatic carbocycles. The van der Waals surface area contributed by atoms with E-state index in [2.05, 4.69) is 5.32 Å². The summed E-state index contributed by atoms with van der Waals surface area (Å²) in [5.74, 6) is 1.42. The molecule has 4 fully saturated rings. The van der Waals surface area contributed by atoms with Gasteiger partial charge in [-0.15, -0.1) is 0 Å². The summed E-state index contributed by atoms with van der Waals surface area (Å²) >= 11 is 0. The number of nitrogens with one attached hydrogen (secondary N) is 1. The van der Waals surface area contributed by atoms with Crippen molar-refractivity contribution in [2.75, 3.05) is 6.54 Å². The Kier molecular flexibility index (Phi) is 2.83. The lowest BCUT2D eigenvalue weighted by Gasteiger charge is -2.48. The van der Waals surface area contributed by atoms with Gasteiger partial charge in [0.25, 0.3) is 0 Å². The van der Waals surface area contributed by atoms with Crippen LogP contribution in [0.1, 0.15) is 57.8 Å². The van der Waals surface area contributed by atoms with E-state index in [9.17, 15) is 9.59 Å². The Balaban J connectivity index is 1.62. The van der Waals surface area contributed by atoms with Gasteiger partial charge in [-0.25, -0.2) is 0 Å². The van der Waals surface area contributed by atoms with Gasteiger partial charge in [0, 0.05) is 6.54 Å². The van der Waals surface area contributed by atoms with Crippen LogP contribution in [0.4, 0.5) is 0 Å². The first-order valence-electron chi connectivity index (χ1n) is 8.33. The number of nitrogens with zero attached hydrogens (tertiary/aromatic N) is 1. The Morgan fingerprint density at radius 3 is 2.30 bits per heavy atom. The van der Waals surface area contributed by atoms with Crippen LogP contribution in [0.5, 0.6) is 0 Å². The zero-order chi connectivity index (χ0) is 13.7. The normalized spacial score (nSPS) is 33.4. The lowest BCUT2D eigenvalue weighted by atomic mass is 9.81. The number of carbonyl (C=O) groups excluding carboxylic acids is 2. The van der Waals surface area contributed by atoms with Crippen LogP contribution in [0.2, 0.25) is 0 Å². The van der Waals surface area contributed by atoms with Crippen LogP contribution in [-0.2, 0) is 9.59 Å². The molecular weight excluding hydrogens is 252 g/mol. The first-order valence-corrected chi connectivity index (χ1v) is 8.33. The standard InChI is InChI=1S/C16H24N2O2/c19-14-13(12-6-7-12)17-15(20)16(8-1-2-9-16)18(14)10-11-4-3-5-11/h11-13H,1-10H2,(H,17,20).